The molecule has 1 amide bonds. The van der Waals surface area contributed by atoms with Gasteiger partial charge in [-0.1, -0.05) is 45.1 Å². The van der Waals surface area contributed by atoms with Gasteiger partial charge >= 0.3 is 5.97 Å². The van der Waals surface area contributed by atoms with Gasteiger partial charge in [-0.05, 0) is 66.2 Å². The van der Waals surface area contributed by atoms with E-state index in [1.165, 1.54) is 17.2 Å². The van der Waals surface area contributed by atoms with Gasteiger partial charge in [-0.15, -0.1) is 0 Å². The Bertz CT molecular complexity index is 880. The second-order valence-electron chi connectivity index (χ2n) is 9.26. The first-order valence-electron chi connectivity index (χ1n) is 10.5. The molecule has 0 saturated heterocycles. The summed E-state index contributed by atoms with van der Waals surface area (Å²) < 4.78 is 4.97. The number of fused-ring (bicyclic) bond motifs is 1. The van der Waals surface area contributed by atoms with Crippen LogP contribution in [0.4, 0.5) is 5.69 Å². The molecule has 2 aliphatic rings. The van der Waals surface area contributed by atoms with Gasteiger partial charge in [0.05, 0.1) is 6.61 Å². The summed E-state index contributed by atoms with van der Waals surface area (Å²) in [5.41, 5.74) is 4.72. The number of carbonyl (C=O) groups excluding carboxylic acids is 2. The fourth-order valence-electron chi connectivity index (χ4n) is 4.34. The highest BCUT2D eigenvalue weighted by Crippen LogP contribution is 2.56. The molecule has 29 heavy (non-hydrogen) atoms. The normalized spacial score (nSPS) is 25.7. The van der Waals surface area contributed by atoms with E-state index in [9.17, 15) is 9.59 Å². The molecule has 4 heteroatoms. The van der Waals surface area contributed by atoms with Crippen LogP contribution in [0.3, 0.4) is 0 Å². The third-order valence-corrected chi connectivity index (χ3v) is 6.54. The van der Waals surface area contributed by atoms with E-state index in [0.29, 0.717) is 12.5 Å². The van der Waals surface area contributed by atoms with Gasteiger partial charge in [0, 0.05) is 25.2 Å². The molecule has 3 rings (SSSR count). The molecule has 0 bridgehead atoms. The Morgan fingerprint density at radius 3 is 2.62 bits per heavy atom. The number of amides is 1. The lowest BCUT2D eigenvalue weighted by Gasteiger charge is -2.39. The molecule has 0 aromatic heterocycles. The zero-order chi connectivity index (χ0) is 21.4. The lowest BCUT2D eigenvalue weighted by molar-refractivity contribution is -0.137. The molecule has 1 fully saturated rings. The van der Waals surface area contributed by atoms with E-state index >= 15 is 0 Å². The predicted molar refractivity (Wildman–Crippen MR) is 117 cm³/mol. The molecule has 1 aliphatic carbocycles. The summed E-state index contributed by atoms with van der Waals surface area (Å²) in [5, 5.41) is 0. The first kappa shape index (κ1) is 21.4. The van der Waals surface area contributed by atoms with Crippen LogP contribution in [-0.4, -0.2) is 25.0 Å². The third kappa shape index (κ3) is 4.31. The molecule has 1 aromatic rings. The molecule has 4 nitrogen and oxygen atoms in total. The van der Waals surface area contributed by atoms with Crippen molar-refractivity contribution in [3.63, 3.8) is 0 Å². The first-order chi connectivity index (χ1) is 13.6. The van der Waals surface area contributed by atoms with Gasteiger partial charge in [-0.2, -0.15) is 0 Å². The summed E-state index contributed by atoms with van der Waals surface area (Å²) in [6, 6.07) is 6.63. The summed E-state index contributed by atoms with van der Waals surface area (Å²) in [5.74, 6) is 0.263. The van der Waals surface area contributed by atoms with Crippen molar-refractivity contribution in [1.82, 2.24) is 0 Å². The van der Waals surface area contributed by atoms with Crippen LogP contribution in [0.5, 0.6) is 0 Å². The lowest BCUT2D eigenvalue weighted by Crippen LogP contribution is -2.40. The maximum absolute atomic E-state index is 12.1. The maximum Gasteiger partial charge on any atom is 0.330 e. The summed E-state index contributed by atoms with van der Waals surface area (Å²) in [7, 11) is 0. The van der Waals surface area contributed by atoms with Crippen LogP contribution in [-0.2, 0) is 25.2 Å². The molecule has 1 heterocycles. The van der Waals surface area contributed by atoms with Crippen molar-refractivity contribution in [3.8, 4) is 0 Å². The number of carbonyl (C=O) groups is 2. The second kappa shape index (κ2) is 7.81. The van der Waals surface area contributed by atoms with Gasteiger partial charge in [-0.3, -0.25) is 4.79 Å². The standard InChI is InChI=1S/C25H33NO3/c1-7-29-23(28)14-17(2)8-9-20-16-25(20,6)19-10-11-22-21(15-19)24(4,5)12-13-26(22)18(3)27/h8-11,14-15,20H,7,12-13,16H2,1-6H3/b9-8+,17-14+/t20-,25-/m1/s1. The Kier molecular flexibility index (Phi) is 5.75. The van der Waals surface area contributed by atoms with Crippen LogP contribution in [0, 0.1) is 5.92 Å². The van der Waals surface area contributed by atoms with Crippen LogP contribution in [0.1, 0.15) is 65.5 Å². The number of anilines is 1. The molecule has 0 unspecified atom stereocenters. The van der Waals surface area contributed by atoms with Gasteiger partial charge in [0.25, 0.3) is 0 Å². The molecular weight excluding hydrogens is 362 g/mol. The molecule has 1 aliphatic heterocycles. The van der Waals surface area contributed by atoms with E-state index in [1.807, 2.05) is 24.8 Å². The van der Waals surface area contributed by atoms with E-state index in [2.05, 4.69) is 45.0 Å². The quantitative estimate of drug-likeness (QED) is 0.397. The lowest BCUT2D eigenvalue weighted by atomic mass is 9.76. The summed E-state index contributed by atoms with van der Waals surface area (Å²) in [6.45, 7) is 13.4. The van der Waals surface area contributed by atoms with Crippen molar-refractivity contribution >= 4 is 17.6 Å². The number of rotatable bonds is 5. The van der Waals surface area contributed by atoms with E-state index in [0.717, 1.165) is 30.6 Å². The van der Waals surface area contributed by atoms with Gasteiger partial charge in [0.15, 0.2) is 0 Å². The highest BCUT2D eigenvalue weighted by atomic mass is 16.5. The Hall–Kier alpha value is -2.36. The van der Waals surface area contributed by atoms with Crippen molar-refractivity contribution in [3.05, 3.63) is 53.1 Å². The summed E-state index contributed by atoms with van der Waals surface area (Å²) in [6.07, 6.45) is 7.83. The number of allylic oxidation sites excluding steroid dienone is 3. The van der Waals surface area contributed by atoms with E-state index < -0.39 is 0 Å². The number of hydrogen-bond acceptors (Lipinski definition) is 3. The number of ether oxygens (including phenoxy) is 1. The van der Waals surface area contributed by atoms with Gasteiger partial charge in [0.2, 0.25) is 5.91 Å². The second-order valence-corrected chi connectivity index (χ2v) is 9.26. The van der Waals surface area contributed by atoms with Crippen LogP contribution in [0.25, 0.3) is 0 Å². The van der Waals surface area contributed by atoms with Crippen LogP contribution in [0.2, 0.25) is 0 Å². The first-order valence-corrected chi connectivity index (χ1v) is 10.5. The molecule has 2 atom stereocenters. The number of nitrogens with zero attached hydrogens (tertiary/aromatic N) is 1. The SMILES string of the molecule is CCOC(=O)/C=C(C)/C=C/[C@@H]1C[C@]1(C)c1ccc2c(c1)C(C)(C)CCN2C(C)=O. The van der Waals surface area contributed by atoms with Gasteiger partial charge in [0.1, 0.15) is 0 Å². The number of esters is 1. The highest BCUT2D eigenvalue weighted by molar-refractivity contribution is 5.93. The van der Waals surface area contributed by atoms with Gasteiger partial charge in [-0.25, -0.2) is 4.79 Å². The van der Waals surface area contributed by atoms with E-state index in [1.54, 1.807) is 6.92 Å². The minimum absolute atomic E-state index is 0.0623. The topological polar surface area (TPSA) is 46.6 Å². The Balaban J connectivity index is 1.81. The number of hydrogen-bond donors (Lipinski definition) is 0. The van der Waals surface area contributed by atoms with Crippen molar-refractivity contribution in [2.75, 3.05) is 18.1 Å². The summed E-state index contributed by atoms with van der Waals surface area (Å²) >= 11 is 0. The zero-order valence-electron chi connectivity index (χ0n) is 18.5. The number of benzene rings is 1. The molecular formula is C25H33NO3. The van der Waals surface area contributed by atoms with Crippen molar-refractivity contribution < 1.29 is 14.3 Å². The minimum Gasteiger partial charge on any atom is -0.463 e. The Labute approximate surface area is 174 Å². The molecule has 1 saturated carbocycles. The molecule has 0 N–H and O–H groups in total. The van der Waals surface area contributed by atoms with Crippen LogP contribution < -0.4 is 4.90 Å². The average molecular weight is 396 g/mol. The smallest absolute Gasteiger partial charge is 0.330 e. The van der Waals surface area contributed by atoms with Crippen molar-refractivity contribution in [2.45, 2.75) is 65.2 Å². The van der Waals surface area contributed by atoms with E-state index in [-0.39, 0.29) is 22.7 Å². The zero-order valence-corrected chi connectivity index (χ0v) is 18.5. The van der Waals surface area contributed by atoms with E-state index in [4.69, 9.17) is 4.74 Å². The largest absolute Gasteiger partial charge is 0.463 e. The molecule has 156 valence electrons. The highest BCUT2D eigenvalue weighted by Gasteiger charge is 2.50. The predicted octanol–water partition coefficient (Wildman–Crippen LogP) is 5.06. The molecule has 1 aromatic carbocycles. The minimum atomic E-state index is -0.292. The average Bonchev–Trinajstić information content (AvgIpc) is 3.31. The maximum atomic E-state index is 12.1. The molecule has 0 spiro atoms. The third-order valence-electron chi connectivity index (χ3n) is 6.54. The monoisotopic (exact) mass is 395 g/mol. The van der Waals surface area contributed by atoms with Crippen LogP contribution in [0.15, 0.2) is 42.0 Å². The van der Waals surface area contributed by atoms with Crippen molar-refractivity contribution in [2.24, 2.45) is 5.92 Å². The van der Waals surface area contributed by atoms with Crippen LogP contribution >= 0.6 is 0 Å². The Morgan fingerprint density at radius 2 is 1.97 bits per heavy atom. The fourth-order valence-corrected chi connectivity index (χ4v) is 4.34. The summed E-state index contributed by atoms with van der Waals surface area (Å²) in [4.78, 5) is 25.5. The molecule has 0 radical (unpaired) electrons. The van der Waals surface area contributed by atoms with Gasteiger partial charge < -0.3 is 9.64 Å². The van der Waals surface area contributed by atoms with Crippen molar-refractivity contribution in [1.29, 1.82) is 0 Å². The fraction of sp³-hybridized carbons (Fsp3) is 0.520. The Morgan fingerprint density at radius 1 is 1.24 bits per heavy atom.